The second-order valence-corrected chi connectivity index (χ2v) is 4.08. The highest BCUT2D eigenvalue weighted by molar-refractivity contribution is 6.34. The summed E-state index contributed by atoms with van der Waals surface area (Å²) >= 11 is 11.3. The molecule has 1 aromatic rings. The van der Waals surface area contributed by atoms with E-state index in [1.54, 1.807) is 6.92 Å². The molecule has 0 spiro atoms. The molecule has 0 unspecified atom stereocenters. The Balaban J connectivity index is 2.94. The van der Waals surface area contributed by atoms with E-state index in [1.807, 2.05) is 0 Å². The van der Waals surface area contributed by atoms with Crippen molar-refractivity contribution in [3.63, 3.8) is 0 Å². The van der Waals surface area contributed by atoms with Gasteiger partial charge >= 0.3 is 0 Å². The first kappa shape index (κ1) is 12.5. The monoisotopic (exact) mass is 248 g/mol. The molecule has 0 heterocycles. The summed E-state index contributed by atoms with van der Waals surface area (Å²) in [5, 5.41) is 0.165. The second-order valence-electron chi connectivity index (χ2n) is 3.30. The van der Waals surface area contributed by atoms with Crippen LogP contribution in [0.2, 0.25) is 5.02 Å². The number of rotatable bonds is 4. The summed E-state index contributed by atoms with van der Waals surface area (Å²) in [5.74, 6) is -0.0542. The van der Waals surface area contributed by atoms with Crippen molar-refractivity contribution in [1.29, 1.82) is 0 Å². The molecule has 1 aromatic carbocycles. The number of aryl methyl sites for hydroxylation is 1. The first-order chi connectivity index (χ1) is 7.06. The predicted molar refractivity (Wildman–Crippen MR) is 60.4 cm³/mol. The van der Waals surface area contributed by atoms with E-state index >= 15 is 0 Å². The minimum atomic E-state index is -0.395. The molecule has 0 aliphatic rings. The molecule has 1 rings (SSSR count). The summed E-state index contributed by atoms with van der Waals surface area (Å²) in [7, 11) is 0. The molecule has 0 aliphatic heterocycles. The largest absolute Gasteiger partial charge is 0.294 e. The van der Waals surface area contributed by atoms with E-state index in [4.69, 9.17) is 23.2 Å². The van der Waals surface area contributed by atoms with Gasteiger partial charge < -0.3 is 0 Å². The quantitative estimate of drug-likeness (QED) is 0.582. The van der Waals surface area contributed by atoms with Gasteiger partial charge in [-0.2, -0.15) is 0 Å². The van der Waals surface area contributed by atoms with E-state index in [0.29, 0.717) is 29.8 Å². The maximum atomic E-state index is 13.1. The van der Waals surface area contributed by atoms with Gasteiger partial charge in [-0.15, -0.1) is 11.6 Å². The maximum Gasteiger partial charge on any atom is 0.164 e. The van der Waals surface area contributed by atoms with Crippen LogP contribution in [0.1, 0.15) is 28.8 Å². The zero-order valence-corrected chi connectivity index (χ0v) is 9.83. The molecular weight excluding hydrogens is 238 g/mol. The van der Waals surface area contributed by atoms with Gasteiger partial charge in [0.1, 0.15) is 5.82 Å². The Labute approximate surface area is 98.2 Å². The van der Waals surface area contributed by atoms with Gasteiger partial charge in [-0.25, -0.2) is 4.39 Å². The van der Waals surface area contributed by atoms with E-state index in [9.17, 15) is 9.18 Å². The Morgan fingerprint density at radius 1 is 1.47 bits per heavy atom. The van der Waals surface area contributed by atoms with Crippen molar-refractivity contribution in [2.75, 3.05) is 5.88 Å². The smallest absolute Gasteiger partial charge is 0.164 e. The zero-order valence-electron chi connectivity index (χ0n) is 8.32. The highest BCUT2D eigenvalue weighted by Crippen LogP contribution is 2.22. The van der Waals surface area contributed by atoms with Crippen molar-refractivity contribution >= 4 is 29.0 Å². The molecule has 0 aromatic heterocycles. The van der Waals surface area contributed by atoms with Gasteiger partial charge in [-0.1, -0.05) is 11.6 Å². The lowest BCUT2D eigenvalue weighted by Crippen LogP contribution is -2.02. The normalized spacial score (nSPS) is 10.4. The third-order valence-corrected chi connectivity index (χ3v) is 2.67. The molecule has 0 atom stereocenters. The number of halogens is 3. The summed E-state index contributed by atoms with van der Waals surface area (Å²) in [5.41, 5.74) is 0.800. The summed E-state index contributed by atoms with van der Waals surface area (Å²) < 4.78 is 13.1. The highest BCUT2D eigenvalue weighted by Gasteiger charge is 2.12. The van der Waals surface area contributed by atoms with Crippen molar-refractivity contribution in [2.24, 2.45) is 0 Å². The SMILES string of the molecule is Cc1cc(C(=O)CCCCl)c(Cl)cc1F. The fraction of sp³-hybridized carbons (Fsp3) is 0.364. The first-order valence-corrected chi connectivity index (χ1v) is 5.52. The van der Waals surface area contributed by atoms with Gasteiger partial charge in [0.2, 0.25) is 0 Å². The molecule has 0 saturated carbocycles. The van der Waals surface area contributed by atoms with Crippen LogP contribution in [0.25, 0.3) is 0 Å². The summed E-state index contributed by atoms with van der Waals surface area (Å²) in [6.07, 6.45) is 0.946. The van der Waals surface area contributed by atoms with Crippen LogP contribution in [0.3, 0.4) is 0 Å². The number of Topliss-reactive ketones (excluding diaryl/α,β-unsaturated/α-hetero) is 1. The molecule has 0 amide bonds. The Bertz CT molecular complexity index is 377. The fourth-order valence-corrected chi connectivity index (χ4v) is 1.62. The van der Waals surface area contributed by atoms with Gasteiger partial charge in [0.15, 0.2) is 5.78 Å². The van der Waals surface area contributed by atoms with Crippen LogP contribution in [0.4, 0.5) is 4.39 Å². The average Bonchev–Trinajstić information content (AvgIpc) is 2.20. The van der Waals surface area contributed by atoms with Crippen molar-refractivity contribution in [3.05, 3.63) is 34.1 Å². The molecule has 1 nitrogen and oxygen atoms in total. The lowest BCUT2D eigenvalue weighted by atomic mass is 10.0. The van der Waals surface area contributed by atoms with E-state index in [1.165, 1.54) is 12.1 Å². The molecule has 4 heteroatoms. The van der Waals surface area contributed by atoms with E-state index in [-0.39, 0.29) is 10.8 Å². The Kier molecular flexibility index (Phi) is 4.55. The van der Waals surface area contributed by atoms with Gasteiger partial charge in [-0.3, -0.25) is 4.79 Å². The fourth-order valence-electron chi connectivity index (χ4n) is 1.23. The predicted octanol–water partition coefficient (Wildman–Crippen LogP) is 3.99. The molecule has 0 saturated heterocycles. The van der Waals surface area contributed by atoms with Gasteiger partial charge in [-0.05, 0) is 31.0 Å². The van der Waals surface area contributed by atoms with Crippen LogP contribution in [-0.4, -0.2) is 11.7 Å². The number of carbonyl (C=O) groups is 1. The van der Waals surface area contributed by atoms with Crippen LogP contribution in [0, 0.1) is 12.7 Å². The van der Waals surface area contributed by atoms with Crippen molar-refractivity contribution in [3.8, 4) is 0 Å². The number of hydrogen-bond acceptors (Lipinski definition) is 1. The lowest BCUT2D eigenvalue weighted by Gasteiger charge is -2.05. The molecular formula is C11H11Cl2FO. The molecule has 0 bridgehead atoms. The van der Waals surface area contributed by atoms with E-state index in [0.717, 1.165) is 0 Å². The first-order valence-electron chi connectivity index (χ1n) is 4.61. The second kappa shape index (κ2) is 5.47. The maximum absolute atomic E-state index is 13.1. The topological polar surface area (TPSA) is 17.1 Å². The summed E-state index contributed by atoms with van der Waals surface area (Å²) in [4.78, 5) is 11.6. The van der Waals surface area contributed by atoms with Crippen LogP contribution in [0.5, 0.6) is 0 Å². The van der Waals surface area contributed by atoms with Crippen LogP contribution < -0.4 is 0 Å². The van der Waals surface area contributed by atoms with Gasteiger partial charge in [0.25, 0.3) is 0 Å². The summed E-state index contributed by atoms with van der Waals surface area (Å²) in [6.45, 7) is 1.60. The van der Waals surface area contributed by atoms with Crippen molar-refractivity contribution in [2.45, 2.75) is 19.8 Å². The molecule has 0 aliphatic carbocycles. The Hall–Kier alpha value is -0.600. The number of ketones is 1. The van der Waals surface area contributed by atoms with Gasteiger partial charge in [0, 0.05) is 17.9 Å². The Morgan fingerprint density at radius 3 is 2.73 bits per heavy atom. The van der Waals surface area contributed by atoms with E-state index in [2.05, 4.69) is 0 Å². The van der Waals surface area contributed by atoms with Crippen LogP contribution in [0.15, 0.2) is 12.1 Å². The molecule has 0 N–H and O–H groups in total. The average molecular weight is 249 g/mol. The minimum Gasteiger partial charge on any atom is -0.294 e. The molecule has 0 fully saturated rings. The number of benzene rings is 1. The van der Waals surface area contributed by atoms with Crippen molar-refractivity contribution in [1.82, 2.24) is 0 Å². The summed E-state index contributed by atoms with van der Waals surface area (Å²) in [6, 6.07) is 2.65. The standard InChI is InChI=1S/C11H11Cl2FO/c1-7-5-8(9(13)6-10(7)14)11(15)3-2-4-12/h5-6H,2-4H2,1H3. The lowest BCUT2D eigenvalue weighted by molar-refractivity contribution is 0.0982. The van der Waals surface area contributed by atoms with Gasteiger partial charge in [0.05, 0.1) is 5.02 Å². The minimum absolute atomic E-state index is 0.0937. The number of hydrogen-bond donors (Lipinski definition) is 0. The third kappa shape index (κ3) is 3.18. The van der Waals surface area contributed by atoms with Crippen LogP contribution in [-0.2, 0) is 0 Å². The number of alkyl halides is 1. The Morgan fingerprint density at radius 2 is 2.13 bits per heavy atom. The van der Waals surface area contributed by atoms with Crippen molar-refractivity contribution < 1.29 is 9.18 Å². The number of carbonyl (C=O) groups excluding carboxylic acids is 1. The zero-order chi connectivity index (χ0) is 11.4. The highest BCUT2D eigenvalue weighted by atomic mass is 35.5. The van der Waals surface area contributed by atoms with Crippen LogP contribution >= 0.6 is 23.2 Å². The third-order valence-electron chi connectivity index (χ3n) is 2.09. The molecule has 82 valence electrons. The molecule has 15 heavy (non-hydrogen) atoms. The van der Waals surface area contributed by atoms with E-state index < -0.39 is 5.82 Å². The molecule has 0 radical (unpaired) electrons.